The molecular weight excluding hydrogens is 310 g/mol. The van der Waals surface area contributed by atoms with Crippen molar-refractivity contribution in [3.8, 4) is 0 Å². The lowest BCUT2D eigenvalue weighted by molar-refractivity contribution is -0.138. The Morgan fingerprint density at radius 2 is 1.96 bits per heavy atom. The fourth-order valence-corrected chi connectivity index (χ4v) is 2.75. The average molecular weight is 333 g/mol. The predicted molar refractivity (Wildman–Crippen MR) is 87.6 cm³/mol. The van der Waals surface area contributed by atoms with Crippen LogP contribution in [0.3, 0.4) is 0 Å². The molecule has 0 saturated carbocycles. The van der Waals surface area contributed by atoms with Gasteiger partial charge in [0.25, 0.3) is 0 Å². The average Bonchev–Trinajstić information content (AvgIpc) is 3.03. The van der Waals surface area contributed by atoms with Crippen molar-refractivity contribution in [1.29, 1.82) is 0 Å². The van der Waals surface area contributed by atoms with Crippen LogP contribution < -0.4 is 10.8 Å². The van der Waals surface area contributed by atoms with Crippen LogP contribution in [0.2, 0.25) is 0 Å². The van der Waals surface area contributed by atoms with E-state index in [1.54, 1.807) is 0 Å². The number of amides is 3. The topological polar surface area (TPSA) is 87.7 Å². The Morgan fingerprint density at radius 1 is 1.25 bits per heavy atom. The molecule has 0 radical (unpaired) electrons. The Bertz CT molecular complexity index is 591. The standard InChI is InChI=1S/C17H23N3O4/c1-12(21)20-11-14(10-15(20)17(23)18-2)24-19-16(22)9-8-13-6-4-3-5-7-13/h3-7,14-15H,8-11H2,1-2H3,(H,18,23)(H,19,22)/t14-,15+/m1/s1. The van der Waals surface area contributed by atoms with Crippen LogP contribution in [0.25, 0.3) is 0 Å². The minimum absolute atomic E-state index is 0.190. The molecule has 2 atom stereocenters. The first kappa shape index (κ1) is 17.9. The predicted octanol–water partition coefficient (Wildman–Crippen LogP) is 0.402. The van der Waals surface area contributed by atoms with Crippen LogP contribution in [0.15, 0.2) is 30.3 Å². The van der Waals surface area contributed by atoms with Gasteiger partial charge in [0.15, 0.2) is 0 Å². The normalized spacial score (nSPS) is 19.8. The Hall–Kier alpha value is -2.41. The van der Waals surface area contributed by atoms with E-state index in [0.29, 0.717) is 19.3 Å². The molecule has 130 valence electrons. The lowest BCUT2D eigenvalue weighted by atomic mass is 10.1. The number of nitrogens with zero attached hydrogens (tertiary/aromatic N) is 1. The maximum absolute atomic E-state index is 11.9. The molecule has 24 heavy (non-hydrogen) atoms. The highest BCUT2D eigenvalue weighted by Gasteiger charge is 2.38. The molecule has 1 aliphatic rings. The molecule has 1 aliphatic heterocycles. The summed E-state index contributed by atoms with van der Waals surface area (Å²) in [5.41, 5.74) is 3.50. The molecule has 3 amide bonds. The van der Waals surface area contributed by atoms with Crippen molar-refractivity contribution in [3.05, 3.63) is 35.9 Å². The van der Waals surface area contributed by atoms with E-state index in [-0.39, 0.29) is 24.3 Å². The van der Waals surface area contributed by atoms with Crippen LogP contribution in [0.1, 0.15) is 25.3 Å². The molecule has 7 nitrogen and oxygen atoms in total. The second kappa shape index (κ2) is 8.44. The summed E-state index contributed by atoms with van der Waals surface area (Å²) in [6, 6.07) is 9.15. The van der Waals surface area contributed by atoms with E-state index >= 15 is 0 Å². The van der Waals surface area contributed by atoms with Crippen molar-refractivity contribution in [3.63, 3.8) is 0 Å². The van der Waals surface area contributed by atoms with Gasteiger partial charge in [0.1, 0.15) is 12.1 Å². The van der Waals surface area contributed by atoms with Gasteiger partial charge in [-0.15, -0.1) is 0 Å². The summed E-state index contributed by atoms with van der Waals surface area (Å²) in [7, 11) is 1.53. The number of hydrogen-bond donors (Lipinski definition) is 2. The van der Waals surface area contributed by atoms with Gasteiger partial charge in [0, 0.05) is 26.8 Å². The van der Waals surface area contributed by atoms with Crippen molar-refractivity contribution in [2.75, 3.05) is 13.6 Å². The third-order valence-electron chi connectivity index (χ3n) is 4.04. The minimum atomic E-state index is -0.557. The monoisotopic (exact) mass is 333 g/mol. The van der Waals surface area contributed by atoms with Crippen LogP contribution in [-0.4, -0.2) is 48.4 Å². The zero-order valence-electron chi connectivity index (χ0n) is 14.0. The number of carbonyl (C=O) groups excluding carboxylic acids is 3. The SMILES string of the molecule is CNC(=O)[C@@H]1C[C@@H](ONC(=O)CCc2ccccc2)CN1C(C)=O. The summed E-state index contributed by atoms with van der Waals surface area (Å²) in [4.78, 5) is 42.2. The third-order valence-corrected chi connectivity index (χ3v) is 4.04. The zero-order valence-corrected chi connectivity index (χ0v) is 14.0. The summed E-state index contributed by atoms with van der Waals surface area (Å²) >= 11 is 0. The van der Waals surface area contributed by atoms with Gasteiger partial charge in [-0.3, -0.25) is 19.2 Å². The summed E-state index contributed by atoms with van der Waals surface area (Å²) in [6.45, 7) is 1.70. The molecule has 2 N–H and O–H groups in total. The maximum atomic E-state index is 11.9. The molecule has 1 aromatic rings. The lowest BCUT2D eigenvalue weighted by Crippen LogP contribution is -2.44. The number of benzene rings is 1. The van der Waals surface area contributed by atoms with Gasteiger partial charge in [0.2, 0.25) is 17.7 Å². The summed E-state index contributed by atoms with van der Waals surface area (Å²) in [6.07, 6.45) is 0.905. The first-order valence-corrected chi connectivity index (χ1v) is 7.98. The highest BCUT2D eigenvalue weighted by Crippen LogP contribution is 2.20. The highest BCUT2D eigenvalue weighted by atomic mass is 16.7. The van der Waals surface area contributed by atoms with Crippen LogP contribution >= 0.6 is 0 Å². The first-order valence-electron chi connectivity index (χ1n) is 7.98. The second-order valence-corrected chi connectivity index (χ2v) is 5.79. The van der Waals surface area contributed by atoms with Gasteiger partial charge in [-0.05, 0) is 12.0 Å². The second-order valence-electron chi connectivity index (χ2n) is 5.79. The molecule has 1 saturated heterocycles. The third kappa shape index (κ3) is 4.79. The van der Waals surface area contributed by atoms with Crippen LogP contribution in [0.4, 0.5) is 0 Å². The molecule has 0 spiro atoms. The Kier molecular flexibility index (Phi) is 6.31. The van der Waals surface area contributed by atoms with Gasteiger partial charge >= 0.3 is 0 Å². The van der Waals surface area contributed by atoms with E-state index in [1.165, 1.54) is 18.9 Å². The van der Waals surface area contributed by atoms with Crippen molar-refractivity contribution in [2.45, 2.75) is 38.3 Å². The number of carbonyl (C=O) groups is 3. The van der Waals surface area contributed by atoms with Crippen LogP contribution in [0.5, 0.6) is 0 Å². The van der Waals surface area contributed by atoms with E-state index < -0.39 is 12.1 Å². The fraction of sp³-hybridized carbons (Fsp3) is 0.471. The van der Waals surface area contributed by atoms with Gasteiger partial charge in [-0.25, -0.2) is 5.48 Å². The fourth-order valence-electron chi connectivity index (χ4n) is 2.75. The van der Waals surface area contributed by atoms with Crippen molar-refractivity contribution >= 4 is 17.7 Å². The summed E-state index contributed by atoms with van der Waals surface area (Å²) < 4.78 is 0. The van der Waals surface area contributed by atoms with Crippen LogP contribution in [0, 0.1) is 0 Å². The number of nitrogens with one attached hydrogen (secondary N) is 2. The van der Waals surface area contributed by atoms with E-state index in [4.69, 9.17) is 4.84 Å². The first-order chi connectivity index (χ1) is 11.5. The van der Waals surface area contributed by atoms with Crippen molar-refractivity contribution in [1.82, 2.24) is 15.7 Å². The van der Waals surface area contributed by atoms with Crippen molar-refractivity contribution < 1.29 is 19.2 Å². The molecule has 7 heteroatoms. The maximum Gasteiger partial charge on any atom is 0.243 e. The molecule has 1 fully saturated rings. The van der Waals surface area contributed by atoms with E-state index in [0.717, 1.165) is 5.56 Å². The van der Waals surface area contributed by atoms with Crippen molar-refractivity contribution in [2.24, 2.45) is 0 Å². The van der Waals surface area contributed by atoms with Gasteiger partial charge < -0.3 is 10.2 Å². The summed E-state index contributed by atoms with van der Waals surface area (Å²) in [5.74, 6) is -0.645. The molecule has 0 bridgehead atoms. The molecule has 0 unspecified atom stereocenters. The number of hydrogen-bond acceptors (Lipinski definition) is 4. The molecule has 2 rings (SSSR count). The smallest absolute Gasteiger partial charge is 0.243 e. The number of likely N-dealkylation sites (N-methyl/N-ethyl adjacent to an activating group) is 1. The molecule has 1 heterocycles. The van der Waals surface area contributed by atoms with Gasteiger partial charge in [-0.1, -0.05) is 30.3 Å². The van der Waals surface area contributed by atoms with E-state index in [2.05, 4.69) is 10.8 Å². The number of likely N-dealkylation sites (tertiary alicyclic amines) is 1. The van der Waals surface area contributed by atoms with E-state index in [9.17, 15) is 14.4 Å². The lowest BCUT2D eigenvalue weighted by Gasteiger charge is -2.20. The van der Waals surface area contributed by atoms with Crippen LogP contribution in [-0.2, 0) is 25.6 Å². The molecule has 1 aromatic carbocycles. The zero-order chi connectivity index (χ0) is 17.5. The largest absolute Gasteiger partial charge is 0.357 e. The Labute approximate surface area is 141 Å². The Balaban J connectivity index is 1.78. The molecule has 0 aromatic heterocycles. The minimum Gasteiger partial charge on any atom is -0.357 e. The Morgan fingerprint density at radius 3 is 2.58 bits per heavy atom. The molecule has 0 aliphatic carbocycles. The number of rotatable bonds is 6. The quantitative estimate of drug-likeness (QED) is 0.738. The van der Waals surface area contributed by atoms with E-state index in [1.807, 2.05) is 30.3 Å². The van der Waals surface area contributed by atoms with Gasteiger partial charge in [-0.2, -0.15) is 0 Å². The van der Waals surface area contributed by atoms with Gasteiger partial charge in [0.05, 0.1) is 6.54 Å². The highest BCUT2D eigenvalue weighted by molar-refractivity contribution is 5.87. The number of aryl methyl sites for hydroxylation is 1. The summed E-state index contributed by atoms with van der Waals surface area (Å²) in [5, 5.41) is 2.54. The molecular formula is C17H23N3O4. The number of hydroxylamine groups is 1.